The number of unbranched alkanes of at least 4 members (excludes halogenated alkanes) is 6. The van der Waals surface area contributed by atoms with Gasteiger partial charge < -0.3 is 0 Å². The quantitative estimate of drug-likeness (QED) is 0.260. The number of hydrogen-bond acceptors (Lipinski definition) is 0. The monoisotopic (exact) mass is 390 g/mol. The normalized spacial score (nSPS) is 13.3. The van der Waals surface area contributed by atoms with Gasteiger partial charge in [0, 0.05) is 0 Å². The van der Waals surface area contributed by atoms with Gasteiger partial charge in [0.05, 0.1) is 0 Å². The number of benzene rings is 2. The fraction of sp³-hybridized carbons (Fsp3) is 0.500. The second kappa shape index (κ2) is 10.5. The average Bonchev–Trinajstić information content (AvgIpc) is 2.70. The van der Waals surface area contributed by atoms with Crippen molar-refractivity contribution < 1.29 is 0 Å². The molecule has 0 amide bonds. The minimum absolute atomic E-state index is 1.13. The van der Waals surface area contributed by atoms with Crippen LogP contribution in [-0.2, 0) is 0 Å². The molecule has 0 saturated carbocycles. The van der Waals surface area contributed by atoms with Crippen molar-refractivity contribution in [3.05, 3.63) is 60.7 Å². The van der Waals surface area contributed by atoms with Gasteiger partial charge in [-0.05, 0) is 0 Å². The zero-order valence-corrected chi connectivity index (χ0v) is 18.3. The maximum absolute atomic E-state index is 7.94. The van der Waals surface area contributed by atoms with Gasteiger partial charge in [0.15, 0.2) is 0 Å². The summed E-state index contributed by atoms with van der Waals surface area (Å²) in [5.41, 5.74) is 0. The molecule has 0 aliphatic carbocycles. The fourth-order valence-electron chi connectivity index (χ4n) is 4.05. The molecule has 26 heavy (non-hydrogen) atoms. The SMILES string of the molecule is CCCCCCP(Cl)(CCCCCC)(c1ccccc1)c1ccccc1. The van der Waals surface area contributed by atoms with Gasteiger partial charge in [0.2, 0.25) is 0 Å². The fourth-order valence-corrected chi connectivity index (χ4v) is 10.5. The van der Waals surface area contributed by atoms with Gasteiger partial charge >= 0.3 is 166 Å². The third-order valence-electron chi connectivity index (χ3n) is 5.65. The summed E-state index contributed by atoms with van der Waals surface area (Å²) in [7, 11) is 0. The summed E-state index contributed by atoms with van der Waals surface area (Å²) in [6.45, 7) is 4.55. The van der Waals surface area contributed by atoms with Crippen LogP contribution in [-0.4, -0.2) is 12.3 Å². The molecule has 0 nitrogen and oxygen atoms in total. The summed E-state index contributed by atoms with van der Waals surface area (Å²) >= 11 is 7.94. The van der Waals surface area contributed by atoms with Gasteiger partial charge in [-0.3, -0.25) is 0 Å². The van der Waals surface area contributed by atoms with Crippen LogP contribution in [0.25, 0.3) is 0 Å². The molecular weight excluding hydrogens is 355 g/mol. The van der Waals surface area contributed by atoms with Crippen molar-refractivity contribution in [1.29, 1.82) is 0 Å². The first-order valence-electron chi connectivity index (χ1n) is 10.5. The van der Waals surface area contributed by atoms with E-state index < -0.39 is 5.96 Å². The average molecular weight is 391 g/mol. The van der Waals surface area contributed by atoms with Crippen LogP contribution in [0.15, 0.2) is 60.7 Å². The third kappa shape index (κ3) is 5.11. The Kier molecular flexibility index (Phi) is 8.65. The summed E-state index contributed by atoms with van der Waals surface area (Å²) < 4.78 is 0. The summed E-state index contributed by atoms with van der Waals surface area (Å²) in [5, 5.41) is 2.78. The molecule has 0 spiro atoms. The van der Waals surface area contributed by atoms with E-state index in [9.17, 15) is 0 Å². The van der Waals surface area contributed by atoms with Gasteiger partial charge in [0.25, 0.3) is 0 Å². The van der Waals surface area contributed by atoms with Gasteiger partial charge in [-0.2, -0.15) is 0 Å². The molecule has 0 radical (unpaired) electrons. The summed E-state index contributed by atoms with van der Waals surface area (Å²) in [5.74, 6) is -2.68. The Balaban J connectivity index is 2.44. The first-order chi connectivity index (χ1) is 12.6. The van der Waals surface area contributed by atoms with Gasteiger partial charge in [-0.15, -0.1) is 0 Å². The molecular formula is C24H36ClP. The number of halogens is 1. The number of hydrogen-bond donors (Lipinski definition) is 0. The Bertz CT molecular complexity index is 568. The van der Waals surface area contributed by atoms with Crippen LogP contribution in [0.4, 0.5) is 0 Å². The molecule has 0 aliphatic rings. The first-order valence-corrected chi connectivity index (χ1v) is 14.0. The molecule has 2 rings (SSSR count). The van der Waals surface area contributed by atoms with E-state index in [1.54, 1.807) is 0 Å². The number of rotatable bonds is 12. The van der Waals surface area contributed by atoms with E-state index in [4.69, 9.17) is 11.2 Å². The van der Waals surface area contributed by atoms with E-state index in [1.807, 2.05) is 0 Å². The predicted octanol–water partition coefficient (Wildman–Crippen LogP) is 7.51. The summed E-state index contributed by atoms with van der Waals surface area (Å²) in [4.78, 5) is 0. The van der Waals surface area contributed by atoms with Crippen LogP contribution in [0, 0.1) is 0 Å². The Morgan fingerprint density at radius 1 is 0.577 bits per heavy atom. The van der Waals surface area contributed by atoms with Crippen LogP contribution >= 0.6 is 17.2 Å². The topological polar surface area (TPSA) is 0 Å². The van der Waals surface area contributed by atoms with Crippen molar-refractivity contribution in [1.82, 2.24) is 0 Å². The van der Waals surface area contributed by atoms with Crippen molar-refractivity contribution in [3.8, 4) is 0 Å². The van der Waals surface area contributed by atoms with E-state index in [-0.39, 0.29) is 0 Å². The molecule has 0 atom stereocenters. The van der Waals surface area contributed by atoms with E-state index in [1.165, 1.54) is 62.0 Å². The van der Waals surface area contributed by atoms with Crippen molar-refractivity contribution >= 4 is 27.8 Å². The van der Waals surface area contributed by atoms with E-state index in [0.29, 0.717) is 0 Å². The molecule has 0 N–H and O–H groups in total. The molecule has 0 heterocycles. The van der Waals surface area contributed by atoms with Crippen LogP contribution in [0.2, 0.25) is 0 Å². The Morgan fingerprint density at radius 3 is 1.31 bits per heavy atom. The molecule has 0 fully saturated rings. The standard InChI is InChI=1S/C24H36ClP/c1-3-5-7-15-21-26(25,22-16-8-6-4-2,23-17-11-9-12-18-23)24-19-13-10-14-20-24/h9-14,17-20H,3-8,15-16,21-22H2,1-2H3. The predicted molar refractivity (Wildman–Crippen MR) is 123 cm³/mol. The molecule has 144 valence electrons. The zero-order chi connectivity index (χ0) is 18.7. The van der Waals surface area contributed by atoms with Crippen LogP contribution in [0.3, 0.4) is 0 Å². The van der Waals surface area contributed by atoms with Crippen molar-refractivity contribution in [3.63, 3.8) is 0 Å². The summed E-state index contributed by atoms with van der Waals surface area (Å²) in [6.07, 6.45) is 12.5. The van der Waals surface area contributed by atoms with Gasteiger partial charge in [0.1, 0.15) is 0 Å². The molecule has 2 aromatic rings. The van der Waals surface area contributed by atoms with Crippen molar-refractivity contribution in [2.24, 2.45) is 0 Å². The second-order valence-corrected chi connectivity index (χ2v) is 14.7. The summed E-state index contributed by atoms with van der Waals surface area (Å²) in [6, 6.07) is 22.0. The molecule has 2 aromatic carbocycles. The van der Waals surface area contributed by atoms with Crippen molar-refractivity contribution in [2.75, 3.05) is 12.3 Å². The Morgan fingerprint density at radius 2 is 0.962 bits per heavy atom. The maximum atomic E-state index is 7.94. The molecule has 0 aliphatic heterocycles. The molecule has 0 unspecified atom stereocenters. The Labute approximate surface area is 166 Å². The van der Waals surface area contributed by atoms with Crippen LogP contribution in [0.5, 0.6) is 0 Å². The zero-order valence-electron chi connectivity index (χ0n) is 16.7. The van der Waals surface area contributed by atoms with Crippen molar-refractivity contribution in [2.45, 2.75) is 65.2 Å². The molecule has 0 saturated heterocycles. The van der Waals surface area contributed by atoms with E-state index in [0.717, 1.165) is 12.3 Å². The molecule has 0 aromatic heterocycles. The Hall–Kier alpha value is -0.840. The van der Waals surface area contributed by atoms with Gasteiger partial charge in [-0.25, -0.2) is 0 Å². The molecule has 0 bridgehead atoms. The van der Waals surface area contributed by atoms with E-state index in [2.05, 4.69) is 74.5 Å². The first kappa shape index (κ1) is 21.5. The molecule has 2 heteroatoms. The van der Waals surface area contributed by atoms with Crippen LogP contribution < -0.4 is 10.6 Å². The second-order valence-electron chi connectivity index (χ2n) is 7.62. The minimum atomic E-state index is -2.68. The van der Waals surface area contributed by atoms with E-state index >= 15 is 0 Å². The van der Waals surface area contributed by atoms with Crippen LogP contribution in [0.1, 0.15) is 65.2 Å². The third-order valence-corrected chi connectivity index (χ3v) is 13.3. The van der Waals surface area contributed by atoms with Gasteiger partial charge in [-0.1, -0.05) is 0 Å².